The van der Waals surface area contributed by atoms with Crippen LogP contribution in [0.3, 0.4) is 0 Å². The predicted octanol–water partition coefficient (Wildman–Crippen LogP) is 3.96. The molecular formula is C19H14FN3O4S2. The van der Waals surface area contributed by atoms with Gasteiger partial charge in [-0.15, -0.1) is 0 Å². The summed E-state index contributed by atoms with van der Waals surface area (Å²) in [5.41, 5.74) is 0.119. The molecule has 1 N–H and O–H groups in total. The average Bonchev–Trinajstić information content (AvgIpc) is 2.95. The van der Waals surface area contributed by atoms with Gasteiger partial charge in [0.1, 0.15) is 15.8 Å². The topological polar surface area (TPSA) is 92.6 Å². The van der Waals surface area contributed by atoms with Gasteiger partial charge < -0.3 is 5.32 Å². The van der Waals surface area contributed by atoms with Gasteiger partial charge >= 0.3 is 0 Å². The van der Waals surface area contributed by atoms with Crippen molar-refractivity contribution in [3.05, 3.63) is 74.9 Å². The first kappa shape index (κ1) is 20.6. The Bertz CT molecular complexity index is 1040. The Kier molecular flexibility index (Phi) is 6.35. The summed E-state index contributed by atoms with van der Waals surface area (Å²) in [6.45, 7) is 0.00570. The minimum Gasteiger partial charge on any atom is -0.320 e. The quantitative estimate of drug-likeness (QED) is 0.322. The standard InChI is InChI=1S/C19H14FN3O4S2/c20-13-6-2-1-5-12(13)11-16-18(25)22(19(28)29-16)10-9-17(24)21-14-7-3-4-8-15(14)23(26)27/h1-8,11H,9-10H2,(H,21,24). The van der Waals surface area contributed by atoms with Gasteiger partial charge in [-0.2, -0.15) is 0 Å². The summed E-state index contributed by atoms with van der Waals surface area (Å²) in [5, 5.41) is 13.5. The molecule has 7 nitrogen and oxygen atoms in total. The monoisotopic (exact) mass is 431 g/mol. The molecule has 1 aliphatic heterocycles. The second kappa shape index (κ2) is 8.93. The highest BCUT2D eigenvalue weighted by atomic mass is 32.2. The van der Waals surface area contributed by atoms with Crippen LogP contribution < -0.4 is 5.32 Å². The maximum atomic E-state index is 13.8. The van der Waals surface area contributed by atoms with Gasteiger partial charge in [0.2, 0.25) is 5.91 Å². The number of nitrogens with zero attached hydrogens (tertiary/aromatic N) is 2. The fraction of sp³-hybridized carbons (Fsp3) is 0.105. The van der Waals surface area contributed by atoms with Crippen molar-refractivity contribution in [3.63, 3.8) is 0 Å². The van der Waals surface area contributed by atoms with E-state index in [9.17, 15) is 24.1 Å². The molecule has 0 spiro atoms. The molecule has 10 heteroatoms. The van der Waals surface area contributed by atoms with Crippen LogP contribution in [0.2, 0.25) is 0 Å². The smallest absolute Gasteiger partial charge is 0.292 e. The van der Waals surface area contributed by atoms with E-state index in [1.54, 1.807) is 24.3 Å². The molecule has 2 amide bonds. The van der Waals surface area contributed by atoms with E-state index in [0.717, 1.165) is 11.8 Å². The fourth-order valence-corrected chi connectivity index (χ4v) is 3.89. The molecule has 1 fully saturated rings. The van der Waals surface area contributed by atoms with Crippen LogP contribution in [-0.4, -0.2) is 32.5 Å². The van der Waals surface area contributed by atoms with Crippen molar-refractivity contribution in [3.8, 4) is 0 Å². The SMILES string of the molecule is O=C(CCN1C(=O)C(=Cc2ccccc2F)SC1=S)Nc1ccccc1[N+](=O)[O-]. The number of thiocarbonyl (C=S) groups is 1. The highest BCUT2D eigenvalue weighted by Gasteiger charge is 2.32. The zero-order valence-corrected chi connectivity index (χ0v) is 16.5. The van der Waals surface area contributed by atoms with Gasteiger partial charge in [-0.25, -0.2) is 4.39 Å². The number of carbonyl (C=O) groups is 2. The lowest BCUT2D eigenvalue weighted by Crippen LogP contribution is -2.31. The highest BCUT2D eigenvalue weighted by molar-refractivity contribution is 8.26. The summed E-state index contributed by atoms with van der Waals surface area (Å²) in [5.74, 6) is -1.37. The van der Waals surface area contributed by atoms with Crippen LogP contribution in [0.4, 0.5) is 15.8 Å². The van der Waals surface area contributed by atoms with E-state index in [1.807, 2.05) is 0 Å². The van der Waals surface area contributed by atoms with E-state index in [4.69, 9.17) is 12.2 Å². The minimum atomic E-state index is -0.592. The van der Waals surface area contributed by atoms with Gasteiger partial charge in [0.15, 0.2) is 0 Å². The molecule has 29 heavy (non-hydrogen) atoms. The third-order valence-electron chi connectivity index (χ3n) is 4.00. The van der Waals surface area contributed by atoms with Crippen LogP contribution in [0.1, 0.15) is 12.0 Å². The van der Waals surface area contributed by atoms with E-state index in [-0.39, 0.29) is 39.1 Å². The third-order valence-corrected chi connectivity index (χ3v) is 5.38. The zero-order valence-electron chi connectivity index (χ0n) is 14.8. The molecule has 3 rings (SSSR count). The Balaban J connectivity index is 1.65. The van der Waals surface area contributed by atoms with Crippen molar-refractivity contribution >= 4 is 57.6 Å². The van der Waals surface area contributed by atoms with Gasteiger partial charge in [-0.3, -0.25) is 24.6 Å². The molecule has 148 valence electrons. The maximum absolute atomic E-state index is 13.8. The van der Waals surface area contributed by atoms with Crippen LogP contribution >= 0.6 is 24.0 Å². The van der Waals surface area contributed by atoms with Crippen molar-refractivity contribution < 1.29 is 18.9 Å². The van der Waals surface area contributed by atoms with Crippen LogP contribution in [0.5, 0.6) is 0 Å². The van der Waals surface area contributed by atoms with Crippen molar-refractivity contribution in [1.29, 1.82) is 0 Å². The molecule has 0 aromatic heterocycles. The van der Waals surface area contributed by atoms with E-state index in [0.29, 0.717) is 0 Å². The van der Waals surface area contributed by atoms with Crippen LogP contribution in [0, 0.1) is 15.9 Å². The molecule has 2 aromatic carbocycles. The average molecular weight is 431 g/mol. The largest absolute Gasteiger partial charge is 0.320 e. The predicted molar refractivity (Wildman–Crippen MR) is 113 cm³/mol. The first-order valence-electron chi connectivity index (χ1n) is 8.40. The van der Waals surface area contributed by atoms with Crippen LogP contribution in [-0.2, 0) is 9.59 Å². The summed E-state index contributed by atoms with van der Waals surface area (Å²) >= 11 is 6.22. The number of nitro benzene ring substituents is 1. The molecule has 1 heterocycles. The Morgan fingerprint density at radius 2 is 1.93 bits per heavy atom. The Morgan fingerprint density at radius 3 is 2.66 bits per heavy atom. The van der Waals surface area contributed by atoms with Crippen molar-refractivity contribution in [1.82, 2.24) is 4.90 Å². The van der Waals surface area contributed by atoms with Gasteiger partial charge in [0.05, 0.1) is 9.83 Å². The summed E-state index contributed by atoms with van der Waals surface area (Å²) in [7, 11) is 0. The Labute approximate surface area is 174 Å². The number of hydrogen-bond donors (Lipinski definition) is 1. The molecular weight excluding hydrogens is 417 g/mol. The first-order chi connectivity index (χ1) is 13.9. The van der Waals surface area contributed by atoms with Crippen LogP contribution in [0.15, 0.2) is 53.4 Å². The molecule has 0 unspecified atom stereocenters. The number of anilines is 1. The number of carbonyl (C=O) groups excluding carboxylic acids is 2. The van der Waals surface area contributed by atoms with Crippen molar-refractivity contribution in [2.24, 2.45) is 0 Å². The normalized spacial score (nSPS) is 15.1. The number of nitrogens with one attached hydrogen (secondary N) is 1. The Morgan fingerprint density at radius 1 is 1.24 bits per heavy atom. The molecule has 0 radical (unpaired) electrons. The summed E-state index contributed by atoms with van der Waals surface area (Å²) in [4.78, 5) is 36.7. The first-order valence-corrected chi connectivity index (χ1v) is 9.62. The number of nitro groups is 1. The number of halogens is 1. The van der Waals surface area contributed by atoms with Crippen molar-refractivity contribution in [2.75, 3.05) is 11.9 Å². The van der Waals surface area contributed by atoms with Gasteiger partial charge in [-0.05, 0) is 18.2 Å². The van der Waals surface area contributed by atoms with Crippen molar-refractivity contribution in [2.45, 2.75) is 6.42 Å². The molecule has 1 aliphatic rings. The van der Waals surface area contributed by atoms with Gasteiger partial charge in [-0.1, -0.05) is 54.3 Å². The minimum absolute atomic E-state index is 0.00570. The molecule has 0 atom stereocenters. The molecule has 0 bridgehead atoms. The highest BCUT2D eigenvalue weighted by Crippen LogP contribution is 2.33. The molecule has 1 saturated heterocycles. The summed E-state index contributed by atoms with van der Waals surface area (Å²) in [6, 6.07) is 11.8. The third kappa shape index (κ3) is 4.84. The number of thioether (sulfide) groups is 1. The zero-order chi connectivity index (χ0) is 21.0. The van der Waals surface area contributed by atoms with Gasteiger partial charge in [0.25, 0.3) is 11.6 Å². The van der Waals surface area contributed by atoms with Gasteiger partial charge in [0, 0.05) is 24.6 Å². The number of para-hydroxylation sites is 2. The Hall–Kier alpha value is -3.11. The second-order valence-electron chi connectivity index (χ2n) is 5.93. The van der Waals surface area contributed by atoms with E-state index in [2.05, 4.69) is 5.32 Å². The summed E-state index contributed by atoms with van der Waals surface area (Å²) < 4.78 is 14.1. The lowest BCUT2D eigenvalue weighted by atomic mass is 10.2. The molecule has 0 saturated carbocycles. The number of rotatable bonds is 6. The van der Waals surface area contributed by atoms with E-state index in [1.165, 1.54) is 35.2 Å². The number of amides is 2. The second-order valence-corrected chi connectivity index (χ2v) is 7.60. The molecule has 0 aliphatic carbocycles. The van der Waals surface area contributed by atoms with E-state index >= 15 is 0 Å². The maximum Gasteiger partial charge on any atom is 0.292 e. The lowest BCUT2D eigenvalue weighted by molar-refractivity contribution is -0.383. The fourth-order valence-electron chi connectivity index (χ4n) is 2.59. The summed E-state index contributed by atoms with van der Waals surface area (Å²) in [6.07, 6.45) is 1.31. The number of benzene rings is 2. The van der Waals surface area contributed by atoms with Crippen LogP contribution in [0.25, 0.3) is 6.08 Å². The lowest BCUT2D eigenvalue weighted by Gasteiger charge is -2.14. The molecule has 2 aromatic rings. The van der Waals surface area contributed by atoms with E-state index < -0.39 is 22.6 Å². The number of hydrogen-bond acceptors (Lipinski definition) is 6.